The van der Waals surface area contributed by atoms with Gasteiger partial charge < -0.3 is 0 Å². The van der Waals surface area contributed by atoms with E-state index in [1.807, 2.05) is 4.72 Å². The number of halogens is 5. The summed E-state index contributed by atoms with van der Waals surface area (Å²) in [5.41, 5.74) is -1.11. The SMILES string of the molecule is O=S(=O)(CCl)Nc1ccc(C(F)(F)F)cc1Cl. The Morgan fingerprint density at radius 3 is 2.29 bits per heavy atom. The van der Waals surface area contributed by atoms with Crippen molar-refractivity contribution in [3.8, 4) is 0 Å². The molecule has 1 aromatic carbocycles. The molecular formula is C8H6Cl2F3NO2S. The molecule has 0 heterocycles. The lowest BCUT2D eigenvalue weighted by atomic mass is 10.2. The van der Waals surface area contributed by atoms with Gasteiger partial charge in [-0.05, 0) is 18.2 Å². The second-order valence-corrected chi connectivity index (χ2v) is 5.73. The van der Waals surface area contributed by atoms with Gasteiger partial charge >= 0.3 is 6.18 Å². The second-order valence-electron chi connectivity index (χ2n) is 3.02. The molecule has 0 unspecified atom stereocenters. The van der Waals surface area contributed by atoms with E-state index in [2.05, 4.69) is 0 Å². The fourth-order valence-electron chi connectivity index (χ4n) is 0.969. The first-order valence-electron chi connectivity index (χ1n) is 4.09. The van der Waals surface area contributed by atoms with Crippen molar-refractivity contribution in [2.24, 2.45) is 0 Å². The Kier molecular flexibility index (Phi) is 4.16. The maximum atomic E-state index is 12.3. The molecule has 1 rings (SSSR count). The lowest BCUT2D eigenvalue weighted by Gasteiger charge is -2.11. The smallest absolute Gasteiger partial charge is 0.281 e. The number of alkyl halides is 4. The van der Waals surface area contributed by atoms with Crippen LogP contribution in [0.2, 0.25) is 5.02 Å². The highest BCUT2D eigenvalue weighted by Crippen LogP contribution is 2.34. The van der Waals surface area contributed by atoms with Crippen molar-refractivity contribution in [1.29, 1.82) is 0 Å². The number of sulfonamides is 1. The van der Waals surface area contributed by atoms with Crippen LogP contribution in [-0.4, -0.2) is 13.6 Å². The third kappa shape index (κ3) is 3.93. The average molecular weight is 308 g/mol. The van der Waals surface area contributed by atoms with Crippen molar-refractivity contribution >= 4 is 38.9 Å². The van der Waals surface area contributed by atoms with Crippen LogP contribution in [0.1, 0.15) is 5.56 Å². The number of anilines is 1. The van der Waals surface area contributed by atoms with Gasteiger partial charge in [-0.2, -0.15) is 13.2 Å². The van der Waals surface area contributed by atoms with E-state index in [4.69, 9.17) is 23.2 Å². The number of nitrogens with one attached hydrogen (secondary N) is 1. The fourth-order valence-corrected chi connectivity index (χ4v) is 1.98. The Labute approximate surface area is 106 Å². The van der Waals surface area contributed by atoms with Crippen LogP contribution in [-0.2, 0) is 16.2 Å². The van der Waals surface area contributed by atoms with Gasteiger partial charge in [0, 0.05) is 0 Å². The summed E-state index contributed by atoms with van der Waals surface area (Å²) in [6.07, 6.45) is -4.53. The van der Waals surface area contributed by atoms with Gasteiger partial charge in [-0.25, -0.2) is 8.42 Å². The first-order chi connectivity index (χ1) is 7.65. The second kappa shape index (κ2) is 4.91. The van der Waals surface area contributed by atoms with E-state index in [1.165, 1.54) is 0 Å². The molecule has 0 aromatic heterocycles. The van der Waals surface area contributed by atoms with Crippen LogP contribution in [0.15, 0.2) is 18.2 Å². The van der Waals surface area contributed by atoms with E-state index in [0.717, 1.165) is 12.1 Å². The molecule has 96 valence electrons. The van der Waals surface area contributed by atoms with Gasteiger partial charge in [0.15, 0.2) is 0 Å². The van der Waals surface area contributed by atoms with Crippen LogP contribution in [0.5, 0.6) is 0 Å². The maximum Gasteiger partial charge on any atom is 0.416 e. The monoisotopic (exact) mass is 307 g/mol. The molecule has 3 nitrogen and oxygen atoms in total. The molecule has 0 atom stereocenters. The third-order valence-corrected chi connectivity index (χ3v) is 3.70. The summed E-state index contributed by atoms with van der Waals surface area (Å²) >= 11 is 10.7. The minimum Gasteiger partial charge on any atom is -0.281 e. The summed E-state index contributed by atoms with van der Waals surface area (Å²) in [5, 5.41) is -1.07. The topological polar surface area (TPSA) is 46.2 Å². The fraction of sp³-hybridized carbons (Fsp3) is 0.250. The number of benzene rings is 1. The molecule has 1 aromatic rings. The lowest BCUT2D eigenvalue weighted by Crippen LogP contribution is -2.14. The van der Waals surface area contributed by atoms with Gasteiger partial charge in [0.1, 0.15) is 5.21 Å². The van der Waals surface area contributed by atoms with Crippen LogP contribution in [0.25, 0.3) is 0 Å². The Morgan fingerprint density at radius 1 is 1.29 bits per heavy atom. The minimum atomic E-state index is -4.53. The van der Waals surface area contributed by atoms with Crippen molar-refractivity contribution < 1.29 is 21.6 Å². The molecule has 0 bridgehead atoms. The maximum absolute atomic E-state index is 12.3. The number of rotatable bonds is 3. The molecule has 0 saturated carbocycles. The van der Waals surface area contributed by atoms with Gasteiger partial charge in [0.25, 0.3) is 0 Å². The molecule has 0 fully saturated rings. The van der Waals surface area contributed by atoms with E-state index < -0.39 is 27.0 Å². The van der Waals surface area contributed by atoms with E-state index in [9.17, 15) is 21.6 Å². The van der Waals surface area contributed by atoms with Crippen LogP contribution in [0.4, 0.5) is 18.9 Å². The largest absolute Gasteiger partial charge is 0.416 e. The summed E-state index contributed by atoms with van der Waals surface area (Å²) in [6, 6.07) is 2.28. The quantitative estimate of drug-likeness (QED) is 0.871. The zero-order chi connectivity index (χ0) is 13.3. The summed E-state index contributed by atoms with van der Waals surface area (Å²) in [7, 11) is -3.79. The minimum absolute atomic E-state index is 0.152. The molecule has 0 radical (unpaired) electrons. The Morgan fingerprint density at radius 2 is 1.88 bits per heavy atom. The molecule has 0 aliphatic heterocycles. The van der Waals surface area contributed by atoms with Gasteiger partial charge in [0.2, 0.25) is 10.0 Å². The highest BCUT2D eigenvalue weighted by atomic mass is 35.5. The van der Waals surface area contributed by atoms with Gasteiger partial charge in [-0.15, -0.1) is 11.6 Å². The number of hydrogen-bond acceptors (Lipinski definition) is 2. The normalized spacial score (nSPS) is 12.5. The third-order valence-electron chi connectivity index (χ3n) is 1.71. The highest BCUT2D eigenvalue weighted by Gasteiger charge is 2.31. The van der Waals surface area contributed by atoms with Crippen molar-refractivity contribution in [3.05, 3.63) is 28.8 Å². The lowest BCUT2D eigenvalue weighted by molar-refractivity contribution is -0.137. The van der Waals surface area contributed by atoms with E-state index in [1.54, 1.807) is 0 Å². The summed E-state index contributed by atoms with van der Waals surface area (Å²) in [4.78, 5) is 0. The van der Waals surface area contributed by atoms with Gasteiger partial charge in [-0.1, -0.05) is 11.6 Å². The number of hydrogen-bond donors (Lipinski definition) is 1. The Balaban J connectivity index is 3.07. The zero-order valence-electron chi connectivity index (χ0n) is 8.05. The predicted octanol–water partition coefficient (Wildman–Crippen LogP) is 3.30. The van der Waals surface area contributed by atoms with Gasteiger partial charge in [-0.3, -0.25) is 4.72 Å². The first kappa shape index (κ1) is 14.4. The standard InChI is InChI=1S/C8H6Cl2F3NO2S/c9-4-17(15,16)14-7-2-1-5(3-6(7)10)8(11,12)13/h1-3,14H,4H2. The van der Waals surface area contributed by atoms with Crippen molar-refractivity contribution in [2.45, 2.75) is 6.18 Å². The molecule has 0 spiro atoms. The van der Waals surface area contributed by atoms with Crippen LogP contribution in [0.3, 0.4) is 0 Å². The van der Waals surface area contributed by atoms with Crippen molar-refractivity contribution in [2.75, 3.05) is 9.93 Å². The van der Waals surface area contributed by atoms with E-state index >= 15 is 0 Å². The molecule has 1 N–H and O–H groups in total. The summed E-state index contributed by atoms with van der Waals surface area (Å²) < 4.78 is 61.0. The summed E-state index contributed by atoms with van der Waals surface area (Å²) in [6.45, 7) is 0. The molecule has 0 amide bonds. The Bertz CT molecular complexity index is 516. The molecule has 0 aliphatic rings. The van der Waals surface area contributed by atoms with Gasteiger partial charge in [0.05, 0.1) is 16.3 Å². The van der Waals surface area contributed by atoms with E-state index in [0.29, 0.717) is 6.07 Å². The van der Waals surface area contributed by atoms with E-state index in [-0.39, 0.29) is 10.7 Å². The van der Waals surface area contributed by atoms with Crippen LogP contribution in [0, 0.1) is 0 Å². The summed E-state index contributed by atoms with van der Waals surface area (Å²) in [5.74, 6) is 0. The van der Waals surface area contributed by atoms with Crippen molar-refractivity contribution in [3.63, 3.8) is 0 Å². The molecule has 17 heavy (non-hydrogen) atoms. The Hall–Kier alpha value is -0.660. The molecule has 0 aliphatic carbocycles. The first-order valence-corrected chi connectivity index (χ1v) is 6.65. The predicted molar refractivity (Wildman–Crippen MR) is 59.7 cm³/mol. The highest BCUT2D eigenvalue weighted by molar-refractivity contribution is 7.93. The molecular weight excluding hydrogens is 302 g/mol. The molecule has 0 saturated heterocycles. The van der Waals surface area contributed by atoms with Crippen LogP contribution < -0.4 is 4.72 Å². The zero-order valence-corrected chi connectivity index (χ0v) is 10.4. The molecule has 9 heteroatoms. The van der Waals surface area contributed by atoms with Crippen LogP contribution >= 0.6 is 23.2 Å². The van der Waals surface area contributed by atoms with Crippen molar-refractivity contribution in [1.82, 2.24) is 0 Å². The average Bonchev–Trinajstić information content (AvgIpc) is 2.19.